The topological polar surface area (TPSA) is 98.6 Å². The van der Waals surface area contributed by atoms with Crippen LogP contribution in [0.5, 0.6) is 0 Å². The summed E-state index contributed by atoms with van der Waals surface area (Å²) in [5.74, 6) is 0. The molecule has 2 N–H and O–H groups in total. The summed E-state index contributed by atoms with van der Waals surface area (Å²) in [7, 11) is 0. The van der Waals surface area contributed by atoms with Gasteiger partial charge in [-0.15, -0.1) is 0 Å². The van der Waals surface area contributed by atoms with Gasteiger partial charge in [-0.05, 0) is 29.6 Å². The molecule has 0 aliphatic heterocycles. The molecule has 0 saturated carbocycles. The van der Waals surface area contributed by atoms with E-state index in [0.717, 1.165) is 5.56 Å². The standard InChI is InChI=1S/C11H11N5/c12-8-10-7-9(4-5-11(10)13)3-1-2-6-15-16-14/h1,3-5,7H,2,6,13H2. The molecule has 0 heterocycles. The van der Waals surface area contributed by atoms with E-state index in [2.05, 4.69) is 10.0 Å². The fourth-order valence-electron chi connectivity index (χ4n) is 1.17. The second kappa shape index (κ2) is 6.12. The van der Waals surface area contributed by atoms with E-state index in [4.69, 9.17) is 16.5 Å². The lowest BCUT2D eigenvalue weighted by molar-refractivity contribution is 0.996. The Morgan fingerprint density at radius 2 is 2.38 bits per heavy atom. The highest BCUT2D eigenvalue weighted by molar-refractivity contribution is 5.61. The van der Waals surface area contributed by atoms with Crippen LogP contribution in [0.4, 0.5) is 5.69 Å². The third-order valence-electron chi connectivity index (χ3n) is 1.97. The molecule has 0 spiro atoms. The summed E-state index contributed by atoms with van der Waals surface area (Å²) < 4.78 is 0. The van der Waals surface area contributed by atoms with Gasteiger partial charge in [0.1, 0.15) is 6.07 Å². The molecule has 80 valence electrons. The monoisotopic (exact) mass is 213 g/mol. The molecule has 0 unspecified atom stereocenters. The minimum absolute atomic E-state index is 0.438. The second-order valence-corrected chi connectivity index (χ2v) is 3.10. The summed E-state index contributed by atoms with van der Waals surface area (Å²) in [4.78, 5) is 2.65. The zero-order chi connectivity index (χ0) is 11.8. The largest absolute Gasteiger partial charge is 0.398 e. The zero-order valence-electron chi connectivity index (χ0n) is 8.67. The lowest BCUT2D eigenvalue weighted by Crippen LogP contribution is -1.89. The first-order valence-electron chi connectivity index (χ1n) is 4.75. The van der Waals surface area contributed by atoms with Crippen molar-refractivity contribution in [2.24, 2.45) is 5.11 Å². The smallest absolute Gasteiger partial charge is 0.101 e. The summed E-state index contributed by atoms with van der Waals surface area (Å²) in [5.41, 5.74) is 15.5. The fourth-order valence-corrected chi connectivity index (χ4v) is 1.17. The molecule has 0 aliphatic carbocycles. The van der Waals surface area contributed by atoms with Crippen molar-refractivity contribution in [3.05, 3.63) is 45.8 Å². The first-order valence-corrected chi connectivity index (χ1v) is 4.75. The van der Waals surface area contributed by atoms with Crippen molar-refractivity contribution in [3.8, 4) is 6.07 Å². The molecule has 5 nitrogen and oxygen atoms in total. The summed E-state index contributed by atoms with van der Waals surface area (Å²) in [6.07, 6.45) is 4.44. The molecule has 0 aromatic heterocycles. The van der Waals surface area contributed by atoms with E-state index in [9.17, 15) is 0 Å². The van der Waals surface area contributed by atoms with Gasteiger partial charge in [-0.2, -0.15) is 5.26 Å². The number of hydrogen-bond acceptors (Lipinski definition) is 3. The van der Waals surface area contributed by atoms with Crippen LogP contribution in [0.3, 0.4) is 0 Å². The van der Waals surface area contributed by atoms with Crippen LogP contribution in [0.15, 0.2) is 29.4 Å². The Bertz CT molecular complexity index is 478. The van der Waals surface area contributed by atoms with Crippen LogP contribution in [-0.2, 0) is 0 Å². The van der Waals surface area contributed by atoms with Crippen LogP contribution >= 0.6 is 0 Å². The first kappa shape index (κ1) is 11.6. The van der Waals surface area contributed by atoms with Crippen molar-refractivity contribution in [2.45, 2.75) is 6.42 Å². The van der Waals surface area contributed by atoms with Gasteiger partial charge in [-0.25, -0.2) is 0 Å². The van der Waals surface area contributed by atoms with E-state index in [1.807, 2.05) is 24.3 Å². The minimum atomic E-state index is 0.438. The Morgan fingerprint density at radius 3 is 3.06 bits per heavy atom. The van der Waals surface area contributed by atoms with E-state index in [-0.39, 0.29) is 0 Å². The van der Waals surface area contributed by atoms with Gasteiger partial charge < -0.3 is 5.73 Å². The van der Waals surface area contributed by atoms with Gasteiger partial charge in [0.05, 0.1) is 5.56 Å². The molecule has 0 bridgehead atoms. The highest BCUT2D eigenvalue weighted by atomic mass is 15.1. The number of azide groups is 1. The Kier molecular flexibility index (Phi) is 4.45. The van der Waals surface area contributed by atoms with Crippen LogP contribution < -0.4 is 5.73 Å². The molecule has 0 atom stereocenters. The normalized spacial score (nSPS) is 9.69. The number of nitriles is 1. The van der Waals surface area contributed by atoms with Crippen molar-refractivity contribution in [1.82, 2.24) is 0 Å². The van der Waals surface area contributed by atoms with Gasteiger partial charge in [0.15, 0.2) is 0 Å². The Balaban J connectivity index is 2.68. The Labute approximate surface area is 93.4 Å². The van der Waals surface area contributed by atoms with Crippen LogP contribution in [0.2, 0.25) is 0 Å². The fraction of sp³-hybridized carbons (Fsp3) is 0.182. The maximum absolute atomic E-state index is 8.78. The van der Waals surface area contributed by atoms with E-state index >= 15 is 0 Å². The molecule has 0 amide bonds. The molecule has 1 rings (SSSR count). The van der Waals surface area contributed by atoms with Gasteiger partial charge in [0.25, 0.3) is 0 Å². The lowest BCUT2D eigenvalue weighted by Gasteiger charge is -1.98. The Morgan fingerprint density at radius 1 is 1.56 bits per heavy atom. The predicted molar refractivity (Wildman–Crippen MR) is 63.2 cm³/mol. The molecular formula is C11H11N5. The SMILES string of the molecule is N#Cc1cc(C=CCCN=[N+]=[N-])ccc1N. The second-order valence-electron chi connectivity index (χ2n) is 3.10. The molecule has 0 fully saturated rings. The third kappa shape index (κ3) is 3.37. The van der Waals surface area contributed by atoms with Gasteiger partial charge in [-0.1, -0.05) is 23.3 Å². The molecule has 0 radical (unpaired) electrons. The summed E-state index contributed by atoms with van der Waals surface area (Å²) in [6.45, 7) is 0.438. The summed E-state index contributed by atoms with van der Waals surface area (Å²) in [5, 5.41) is 12.2. The molecule has 0 saturated heterocycles. The van der Waals surface area contributed by atoms with E-state index in [0.29, 0.717) is 24.2 Å². The van der Waals surface area contributed by atoms with Gasteiger partial charge in [0, 0.05) is 17.1 Å². The average molecular weight is 213 g/mol. The molecule has 1 aromatic rings. The number of nitrogen functional groups attached to an aromatic ring is 1. The number of rotatable bonds is 4. The predicted octanol–water partition coefficient (Wildman–Crippen LogP) is 2.85. The molecular weight excluding hydrogens is 202 g/mol. The van der Waals surface area contributed by atoms with E-state index in [1.165, 1.54) is 0 Å². The van der Waals surface area contributed by atoms with Crippen LogP contribution in [0.1, 0.15) is 17.5 Å². The molecule has 5 heteroatoms. The number of nitrogens with zero attached hydrogens (tertiary/aromatic N) is 4. The molecule has 0 aliphatic rings. The van der Waals surface area contributed by atoms with Crippen LogP contribution in [0, 0.1) is 11.3 Å². The summed E-state index contributed by atoms with van der Waals surface area (Å²) in [6, 6.07) is 7.28. The minimum Gasteiger partial charge on any atom is -0.398 e. The maximum atomic E-state index is 8.78. The van der Waals surface area contributed by atoms with Crippen molar-refractivity contribution in [2.75, 3.05) is 12.3 Å². The highest BCUT2D eigenvalue weighted by Gasteiger charge is 1.97. The van der Waals surface area contributed by atoms with E-state index < -0.39 is 0 Å². The van der Waals surface area contributed by atoms with Crippen molar-refractivity contribution < 1.29 is 0 Å². The first-order chi connectivity index (χ1) is 7.77. The average Bonchev–Trinajstić information content (AvgIpc) is 2.31. The van der Waals surface area contributed by atoms with Gasteiger partial charge in [0.2, 0.25) is 0 Å². The number of benzene rings is 1. The number of anilines is 1. The van der Waals surface area contributed by atoms with Crippen LogP contribution in [0.25, 0.3) is 16.5 Å². The maximum Gasteiger partial charge on any atom is 0.101 e. The molecule has 16 heavy (non-hydrogen) atoms. The number of hydrogen-bond donors (Lipinski definition) is 1. The number of nitrogens with two attached hydrogens (primary N) is 1. The van der Waals surface area contributed by atoms with Crippen molar-refractivity contribution in [3.63, 3.8) is 0 Å². The molecule has 1 aromatic carbocycles. The summed E-state index contributed by atoms with van der Waals surface area (Å²) >= 11 is 0. The third-order valence-corrected chi connectivity index (χ3v) is 1.97. The quantitative estimate of drug-likeness (QED) is 0.273. The van der Waals surface area contributed by atoms with Crippen molar-refractivity contribution in [1.29, 1.82) is 5.26 Å². The van der Waals surface area contributed by atoms with Crippen molar-refractivity contribution >= 4 is 11.8 Å². The van der Waals surface area contributed by atoms with Crippen LogP contribution in [-0.4, -0.2) is 6.54 Å². The highest BCUT2D eigenvalue weighted by Crippen LogP contribution is 2.14. The Hall–Kier alpha value is -2.44. The zero-order valence-corrected chi connectivity index (χ0v) is 8.67. The van der Waals surface area contributed by atoms with Gasteiger partial charge in [-0.3, -0.25) is 0 Å². The van der Waals surface area contributed by atoms with Gasteiger partial charge >= 0.3 is 0 Å². The lowest BCUT2D eigenvalue weighted by atomic mass is 10.1. The van der Waals surface area contributed by atoms with E-state index in [1.54, 1.807) is 12.1 Å².